The zero-order chi connectivity index (χ0) is 22.3. The van der Waals surface area contributed by atoms with Crippen LogP contribution in [0.5, 0.6) is 0 Å². The Morgan fingerprint density at radius 2 is 1.90 bits per heavy atom. The number of rotatable bonds is 2. The summed E-state index contributed by atoms with van der Waals surface area (Å²) in [6.45, 7) is 9.59. The zero-order valence-electron chi connectivity index (χ0n) is 18.0. The molecular formula is C22H25ClIN5O2. The largest absolute Gasteiger partial charge is 0.444 e. The van der Waals surface area contributed by atoms with Crippen LogP contribution in [-0.4, -0.2) is 56.8 Å². The Morgan fingerprint density at radius 3 is 2.55 bits per heavy atom. The molecule has 1 fully saturated rings. The van der Waals surface area contributed by atoms with E-state index in [1.807, 2.05) is 45.0 Å². The van der Waals surface area contributed by atoms with Gasteiger partial charge in [0.05, 0.1) is 5.39 Å². The Kier molecular flexibility index (Phi) is 6.04. The Bertz CT molecular complexity index is 1110. The molecule has 9 heteroatoms. The lowest BCUT2D eigenvalue weighted by Gasteiger charge is -2.41. The second-order valence-corrected chi connectivity index (χ2v) is 10.3. The van der Waals surface area contributed by atoms with Crippen LogP contribution >= 0.6 is 34.2 Å². The molecule has 0 unspecified atom stereocenters. The third-order valence-corrected chi connectivity index (χ3v) is 6.24. The number of ether oxygens (including phenoxy) is 1. The molecule has 3 heterocycles. The number of halogens is 2. The van der Waals surface area contributed by atoms with Crippen molar-refractivity contribution in [3.05, 3.63) is 45.4 Å². The van der Waals surface area contributed by atoms with Crippen LogP contribution in [0.25, 0.3) is 16.7 Å². The van der Waals surface area contributed by atoms with Gasteiger partial charge in [-0.15, -0.1) is 0 Å². The van der Waals surface area contributed by atoms with Gasteiger partial charge in [0.15, 0.2) is 5.65 Å². The summed E-state index contributed by atoms with van der Waals surface area (Å²) in [5, 5.41) is 1.71. The maximum atomic E-state index is 12.5. The van der Waals surface area contributed by atoms with Gasteiger partial charge < -0.3 is 19.1 Å². The van der Waals surface area contributed by atoms with Gasteiger partial charge in [-0.05, 0) is 74.6 Å². The maximum absolute atomic E-state index is 12.5. The number of fused-ring (bicyclic) bond motifs is 1. The second kappa shape index (κ2) is 8.46. The zero-order valence-corrected chi connectivity index (χ0v) is 20.9. The summed E-state index contributed by atoms with van der Waals surface area (Å²) in [5.41, 5.74) is 1.33. The van der Waals surface area contributed by atoms with Crippen molar-refractivity contribution in [2.24, 2.45) is 0 Å². The molecule has 4 rings (SSSR count). The van der Waals surface area contributed by atoms with Crippen molar-refractivity contribution >= 4 is 57.1 Å². The highest BCUT2D eigenvalue weighted by molar-refractivity contribution is 14.1. The average molecular weight is 554 g/mol. The summed E-state index contributed by atoms with van der Waals surface area (Å²) in [7, 11) is 0. The molecule has 0 saturated carbocycles. The van der Waals surface area contributed by atoms with Crippen LogP contribution in [0.2, 0.25) is 5.02 Å². The van der Waals surface area contributed by atoms with Crippen LogP contribution in [0, 0.1) is 3.57 Å². The van der Waals surface area contributed by atoms with E-state index in [2.05, 4.69) is 55.1 Å². The molecule has 1 aliphatic heterocycles. The van der Waals surface area contributed by atoms with E-state index in [4.69, 9.17) is 16.3 Å². The molecule has 2 aromatic heterocycles. The lowest BCUT2D eigenvalue weighted by Crippen LogP contribution is -2.54. The Morgan fingerprint density at radius 1 is 1.19 bits per heavy atom. The predicted octanol–water partition coefficient (Wildman–Crippen LogP) is 5.12. The first-order valence-electron chi connectivity index (χ1n) is 10.2. The highest BCUT2D eigenvalue weighted by Gasteiger charge is 2.32. The van der Waals surface area contributed by atoms with Crippen molar-refractivity contribution in [2.45, 2.75) is 39.3 Å². The number of amides is 1. The van der Waals surface area contributed by atoms with Crippen LogP contribution in [0.15, 0.2) is 36.8 Å². The molecule has 1 amide bonds. The predicted molar refractivity (Wildman–Crippen MR) is 131 cm³/mol. The fourth-order valence-electron chi connectivity index (χ4n) is 3.78. The summed E-state index contributed by atoms with van der Waals surface area (Å²) in [4.78, 5) is 25.7. The Balaban J connectivity index is 1.63. The van der Waals surface area contributed by atoms with E-state index < -0.39 is 5.60 Å². The van der Waals surface area contributed by atoms with Crippen molar-refractivity contribution in [3.63, 3.8) is 0 Å². The molecule has 0 N–H and O–H groups in total. The fraction of sp³-hybridized carbons (Fsp3) is 0.409. The normalized spacial score (nSPS) is 17.3. The Labute approximate surface area is 200 Å². The standard InChI is InChI=1S/C22H25ClIN5O2/c1-14-11-27(21(30)31-22(2,3)4)9-10-28(14)19-18-17(24)12-29(20(18)26-13-25-19)16-7-5-15(23)6-8-16/h5-8,12-14H,9-11H2,1-4H3/t14-/m0/s1. The number of anilines is 1. The van der Waals surface area contributed by atoms with E-state index in [0.717, 1.165) is 26.1 Å². The lowest BCUT2D eigenvalue weighted by atomic mass is 10.1. The van der Waals surface area contributed by atoms with Gasteiger partial charge in [-0.3, -0.25) is 0 Å². The van der Waals surface area contributed by atoms with Crippen molar-refractivity contribution in [2.75, 3.05) is 24.5 Å². The minimum absolute atomic E-state index is 0.0917. The average Bonchev–Trinajstić information content (AvgIpc) is 3.04. The van der Waals surface area contributed by atoms with Gasteiger partial charge in [-0.2, -0.15) is 0 Å². The van der Waals surface area contributed by atoms with Crippen LogP contribution in [0.4, 0.5) is 10.6 Å². The summed E-state index contributed by atoms with van der Waals surface area (Å²) in [6, 6.07) is 7.78. The van der Waals surface area contributed by atoms with Crippen molar-refractivity contribution in [1.82, 2.24) is 19.4 Å². The molecule has 1 saturated heterocycles. The number of carbonyl (C=O) groups is 1. The van der Waals surface area contributed by atoms with Gasteiger partial charge in [-0.1, -0.05) is 11.6 Å². The quantitative estimate of drug-likeness (QED) is 0.412. The molecular weight excluding hydrogens is 529 g/mol. The molecule has 1 aromatic carbocycles. The van der Waals surface area contributed by atoms with Crippen molar-refractivity contribution < 1.29 is 9.53 Å². The van der Waals surface area contributed by atoms with Crippen molar-refractivity contribution in [3.8, 4) is 5.69 Å². The monoisotopic (exact) mass is 553 g/mol. The highest BCUT2D eigenvalue weighted by Crippen LogP contribution is 2.33. The molecule has 0 radical (unpaired) electrons. The number of hydrogen-bond donors (Lipinski definition) is 0. The van der Waals surface area contributed by atoms with E-state index in [9.17, 15) is 4.79 Å². The maximum Gasteiger partial charge on any atom is 0.410 e. The first-order valence-corrected chi connectivity index (χ1v) is 11.6. The van der Waals surface area contributed by atoms with Gasteiger partial charge >= 0.3 is 6.09 Å². The van der Waals surface area contributed by atoms with E-state index in [1.54, 1.807) is 11.2 Å². The smallest absolute Gasteiger partial charge is 0.410 e. The first kappa shape index (κ1) is 22.1. The van der Waals surface area contributed by atoms with Crippen LogP contribution in [0.3, 0.4) is 0 Å². The summed E-state index contributed by atoms with van der Waals surface area (Å²) in [6.07, 6.45) is 3.40. The van der Waals surface area contributed by atoms with E-state index in [-0.39, 0.29) is 12.1 Å². The van der Waals surface area contributed by atoms with Crippen molar-refractivity contribution in [1.29, 1.82) is 0 Å². The number of piperazine rings is 1. The molecule has 3 aromatic rings. The number of carbonyl (C=O) groups excluding carboxylic acids is 1. The van der Waals surface area contributed by atoms with Gasteiger partial charge in [0.2, 0.25) is 0 Å². The van der Waals surface area contributed by atoms with Gasteiger partial charge in [0, 0.05) is 46.2 Å². The van der Waals surface area contributed by atoms with Gasteiger partial charge in [0.25, 0.3) is 0 Å². The van der Waals surface area contributed by atoms with Gasteiger partial charge in [-0.25, -0.2) is 14.8 Å². The first-order chi connectivity index (χ1) is 14.6. The van der Waals surface area contributed by atoms with E-state index >= 15 is 0 Å². The molecule has 1 aliphatic rings. The minimum atomic E-state index is -0.503. The van der Waals surface area contributed by atoms with Crippen LogP contribution < -0.4 is 4.90 Å². The fourth-order valence-corrected chi connectivity index (χ4v) is 4.67. The molecule has 0 aliphatic carbocycles. The summed E-state index contributed by atoms with van der Waals surface area (Å²) in [5.74, 6) is 0.887. The third-order valence-electron chi connectivity index (χ3n) is 5.17. The van der Waals surface area contributed by atoms with E-state index in [1.165, 1.54) is 0 Å². The summed E-state index contributed by atoms with van der Waals surface area (Å²) >= 11 is 8.39. The number of hydrogen-bond acceptors (Lipinski definition) is 5. The highest BCUT2D eigenvalue weighted by atomic mass is 127. The van der Waals surface area contributed by atoms with E-state index in [0.29, 0.717) is 24.7 Å². The number of aromatic nitrogens is 3. The molecule has 1 atom stereocenters. The number of benzene rings is 1. The SMILES string of the molecule is C[C@H]1CN(C(=O)OC(C)(C)C)CCN1c1ncnc2c1c(I)cn2-c1ccc(Cl)cc1. The summed E-state index contributed by atoms with van der Waals surface area (Å²) < 4.78 is 8.67. The third kappa shape index (κ3) is 4.59. The molecule has 0 bridgehead atoms. The minimum Gasteiger partial charge on any atom is -0.444 e. The lowest BCUT2D eigenvalue weighted by molar-refractivity contribution is 0.0218. The van der Waals surface area contributed by atoms with Gasteiger partial charge in [0.1, 0.15) is 17.7 Å². The molecule has 7 nitrogen and oxygen atoms in total. The molecule has 164 valence electrons. The number of nitrogens with zero attached hydrogens (tertiary/aromatic N) is 5. The van der Waals surface area contributed by atoms with Crippen LogP contribution in [-0.2, 0) is 4.74 Å². The topological polar surface area (TPSA) is 63.5 Å². The molecule has 31 heavy (non-hydrogen) atoms. The Hall–Kier alpha value is -2.07. The second-order valence-electron chi connectivity index (χ2n) is 8.69. The molecule has 0 spiro atoms. The van der Waals surface area contributed by atoms with Crippen LogP contribution in [0.1, 0.15) is 27.7 Å².